The van der Waals surface area contributed by atoms with Crippen molar-refractivity contribution in [1.82, 2.24) is 10.2 Å². The van der Waals surface area contributed by atoms with E-state index in [9.17, 15) is 18.4 Å². The topological polar surface area (TPSA) is 49.4 Å². The van der Waals surface area contributed by atoms with Gasteiger partial charge in [0.1, 0.15) is 6.04 Å². The van der Waals surface area contributed by atoms with Gasteiger partial charge >= 0.3 is 0 Å². The normalized spacial score (nSPS) is 19.7. The van der Waals surface area contributed by atoms with Crippen molar-refractivity contribution < 1.29 is 18.4 Å². The predicted molar refractivity (Wildman–Crippen MR) is 73.2 cm³/mol. The average Bonchev–Trinajstić information content (AvgIpc) is 2.56. The highest BCUT2D eigenvalue weighted by Gasteiger charge is 2.31. The number of nitrogens with zero attached hydrogens (tertiary/aromatic N) is 1. The number of rotatable bonds is 3. The second-order valence-corrected chi connectivity index (χ2v) is 5.55. The van der Waals surface area contributed by atoms with E-state index in [1.54, 1.807) is 0 Å². The van der Waals surface area contributed by atoms with Crippen molar-refractivity contribution in [3.8, 4) is 0 Å². The molecule has 1 aliphatic rings. The highest BCUT2D eigenvalue weighted by molar-refractivity contribution is 5.90. The maximum Gasteiger partial charge on any atom is 0.245 e. The molecule has 1 unspecified atom stereocenters. The minimum atomic E-state index is -0.940. The molecule has 2 amide bonds. The number of nitrogens with one attached hydrogen (secondary N) is 1. The van der Waals surface area contributed by atoms with Gasteiger partial charge in [0.2, 0.25) is 11.8 Å². The maximum absolute atomic E-state index is 13.2. The summed E-state index contributed by atoms with van der Waals surface area (Å²) < 4.78 is 26.2. The van der Waals surface area contributed by atoms with Crippen LogP contribution >= 0.6 is 0 Å². The van der Waals surface area contributed by atoms with Gasteiger partial charge in [0.25, 0.3) is 0 Å². The zero-order chi connectivity index (χ0) is 15.6. The Bertz CT molecular complexity index is 561. The van der Waals surface area contributed by atoms with Crippen molar-refractivity contribution in [1.29, 1.82) is 0 Å². The first kappa shape index (κ1) is 15.4. The minimum absolute atomic E-state index is 0.0352. The number of carbonyl (C=O) groups is 2. The smallest absolute Gasteiger partial charge is 0.245 e. The van der Waals surface area contributed by atoms with Crippen LogP contribution in [0.25, 0.3) is 0 Å². The summed E-state index contributed by atoms with van der Waals surface area (Å²) in [4.78, 5) is 25.6. The molecule has 0 aromatic heterocycles. The van der Waals surface area contributed by atoms with Crippen molar-refractivity contribution in [3.05, 3.63) is 35.4 Å². The molecule has 114 valence electrons. The van der Waals surface area contributed by atoms with Crippen LogP contribution in [-0.2, 0) is 16.1 Å². The van der Waals surface area contributed by atoms with Gasteiger partial charge in [-0.3, -0.25) is 9.59 Å². The maximum atomic E-state index is 13.2. The Hall–Kier alpha value is -1.98. The Morgan fingerprint density at radius 1 is 1.29 bits per heavy atom. The molecule has 1 heterocycles. The van der Waals surface area contributed by atoms with Gasteiger partial charge in [0.15, 0.2) is 11.6 Å². The second-order valence-electron chi connectivity index (χ2n) is 5.55. The Labute approximate surface area is 122 Å². The van der Waals surface area contributed by atoms with Crippen LogP contribution in [0.2, 0.25) is 0 Å². The quantitative estimate of drug-likeness (QED) is 0.925. The van der Waals surface area contributed by atoms with Crippen molar-refractivity contribution >= 4 is 11.8 Å². The Morgan fingerprint density at radius 3 is 2.62 bits per heavy atom. The van der Waals surface area contributed by atoms with E-state index >= 15 is 0 Å². The van der Waals surface area contributed by atoms with Crippen LogP contribution in [0.4, 0.5) is 8.78 Å². The number of hydrogen-bond acceptors (Lipinski definition) is 2. The third kappa shape index (κ3) is 3.56. The van der Waals surface area contributed by atoms with Gasteiger partial charge in [-0.1, -0.05) is 19.9 Å². The van der Waals surface area contributed by atoms with Crippen LogP contribution in [0.5, 0.6) is 0 Å². The first-order chi connectivity index (χ1) is 9.88. The summed E-state index contributed by atoms with van der Waals surface area (Å²) in [5.74, 6) is -2.26. The SMILES string of the molecule is CC(C)C1NC(=O)CCN(Cc2ccc(F)c(F)c2)C1=O. The lowest BCUT2D eigenvalue weighted by atomic mass is 10.0. The molecule has 0 aliphatic carbocycles. The second kappa shape index (κ2) is 6.20. The minimum Gasteiger partial charge on any atom is -0.344 e. The molecule has 2 rings (SSSR count). The van der Waals surface area contributed by atoms with Crippen molar-refractivity contribution in [2.75, 3.05) is 6.54 Å². The van der Waals surface area contributed by atoms with Crippen LogP contribution < -0.4 is 5.32 Å². The molecular weight excluding hydrogens is 278 g/mol. The van der Waals surface area contributed by atoms with E-state index < -0.39 is 17.7 Å². The molecule has 1 saturated heterocycles. The predicted octanol–water partition coefficient (Wildman–Crippen LogP) is 1.84. The zero-order valence-electron chi connectivity index (χ0n) is 12.0. The monoisotopic (exact) mass is 296 g/mol. The number of hydrogen-bond donors (Lipinski definition) is 1. The third-order valence-electron chi connectivity index (χ3n) is 3.53. The summed E-state index contributed by atoms with van der Waals surface area (Å²) in [5.41, 5.74) is 0.499. The highest BCUT2D eigenvalue weighted by Crippen LogP contribution is 2.16. The first-order valence-corrected chi connectivity index (χ1v) is 6.90. The van der Waals surface area contributed by atoms with Crippen LogP contribution in [0, 0.1) is 17.6 Å². The number of benzene rings is 1. The van der Waals surface area contributed by atoms with Gasteiger partial charge < -0.3 is 10.2 Å². The van der Waals surface area contributed by atoms with E-state index in [4.69, 9.17) is 0 Å². The fourth-order valence-electron chi connectivity index (χ4n) is 2.32. The Kier molecular flexibility index (Phi) is 4.55. The molecule has 1 aliphatic heterocycles. The largest absolute Gasteiger partial charge is 0.344 e. The molecule has 0 radical (unpaired) electrons. The van der Waals surface area contributed by atoms with E-state index in [0.717, 1.165) is 12.1 Å². The molecule has 1 fully saturated rings. The summed E-state index contributed by atoms with van der Waals surface area (Å²) in [5, 5.41) is 2.70. The summed E-state index contributed by atoms with van der Waals surface area (Å²) >= 11 is 0. The lowest BCUT2D eigenvalue weighted by Crippen LogP contribution is -2.47. The van der Waals surface area contributed by atoms with E-state index in [0.29, 0.717) is 5.56 Å². The standard InChI is InChI=1S/C15H18F2N2O2/c1-9(2)14-15(21)19(6-5-13(20)18-14)8-10-3-4-11(16)12(17)7-10/h3-4,7,9,14H,5-6,8H2,1-2H3,(H,18,20). The summed E-state index contributed by atoms with van der Waals surface area (Å²) in [6.45, 7) is 4.13. The van der Waals surface area contributed by atoms with Gasteiger partial charge in [0, 0.05) is 19.5 Å². The van der Waals surface area contributed by atoms with Gasteiger partial charge in [0.05, 0.1) is 0 Å². The van der Waals surface area contributed by atoms with Crippen molar-refractivity contribution in [2.24, 2.45) is 5.92 Å². The molecule has 1 atom stereocenters. The molecule has 6 heteroatoms. The highest BCUT2D eigenvalue weighted by atomic mass is 19.2. The molecule has 21 heavy (non-hydrogen) atoms. The number of amides is 2. The van der Waals surface area contributed by atoms with Gasteiger partial charge in [-0.05, 0) is 23.6 Å². The average molecular weight is 296 g/mol. The first-order valence-electron chi connectivity index (χ1n) is 6.90. The molecule has 0 bridgehead atoms. The fourth-order valence-corrected chi connectivity index (χ4v) is 2.32. The van der Waals surface area contributed by atoms with Crippen LogP contribution in [0.3, 0.4) is 0 Å². The third-order valence-corrected chi connectivity index (χ3v) is 3.53. The Morgan fingerprint density at radius 2 is 2.00 bits per heavy atom. The van der Waals surface area contributed by atoms with Crippen molar-refractivity contribution in [3.63, 3.8) is 0 Å². The van der Waals surface area contributed by atoms with Crippen LogP contribution in [0.1, 0.15) is 25.8 Å². The lowest BCUT2D eigenvalue weighted by molar-refractivity contribution is -0.135. The van der Waals surface area contributed by atoms with Crippen LogP contribution in [0.15, 0.2) is 18.2 Å². The molecule has 1 aromatic rings. The number of halogens is 2. The zero-order valence-corrected chi connectivity index (χ0v) is 12.0. The number of carbonyl (C=O) groups excluding carboxylic acids is 2. The van der Waals surface area contributed by atoms with E-state index in [2.05, 4.69) is 5.32 Å². The fraction of sp³-hybridized carbons (Fsp3) is 0.467. The van der Waals surface area contributed by atoms with E-state index in [1.807, 2.05) is 13.8 Å². The Balaban J connectivity index is 2.18. The van der Waals surface area contributed by atoms with Crippen molar-refractivity contribution in [2.45, 2.75) is 32.9 Å². The van der Waals surface area contributed by atoms with E-state index in [1.165, 1.54) is 11.0 Å². The molecular formula is C15H18F2N2O2. The van der Waals surface area contributed by atoms with Gasteiger partial charge in [-0.15, -0.1) is 0 Å². The summed E-state index contributed by atoms with van der Waals surface area (Å²) in [6.07, 6.45) is 0.207. The van der Waals surface area contributed by atoms with E-state index in [-0.39, 0.29) is 37.2 Å². The van der Waals surface area contributed by atoms with Gasteiger partial charge in [-0.2, -0.15) is 0 Å². The van der Waals surface area contributed by atoms with Gasteiger partial charge in [-0.25, -0.2) is 8.78 Å². The molecule has 1 N–H and O–H groups in total. The summed E-state index contributed by atoms with van der Waals surface area (Å²) in [6, 6.07) is 2.98. The van der Waals surface area contributed by atoms with Crippen LogP contribution in [-0.4, -0.2) is 29.3 Å². The molecule has 1 aromatic carbocycles. The molecule has 0 spiro atoms. The molecule has 0 saturated carbocycles. The lowest BCUT2D eigenvalue weighted by Gasteiger charge is -2.26. The summed E-state index contributed by atoms with van der Waals surface area (Å²) in [7, 11) is 0. The molecule has 4 nitrogen and oxygen atoms in total.